The fourth-order valence-corrected chi connectivity index (χ4v) is 2.69. The van der Waals surface area contributed by atoms with Crippen LogP contribution in [0.4, 0.5) is 5.69 Å². The number of pyridine rings is 1. The van der Waals surface area contributed by atoms with Gasteiger partial charge >= 0.3 is 0 Å². The molecule has 2 aromatic rings. The summed E-state index contributed by atoms with van der Waals surface area (Å²) in [6.45, 7) is 0. The molecule has 0 radical (unpaired) electrons. The zero-order valence-corrected chi connectivity index (χ0v) is 9.92. The molecule has 0 aliphatic carbocycles. The lowest BCUT2D eigenvalue weighted by molar-refractivity contribution is 0.591. The van der Waals surface area contributed by atoms with Gasteiger partial charge in [-0.05, 0) is 12.1 Å². The van der Waals surface area contributed by atoms with Gasteiger partial charge in [0.25, 0.3) is 0 Å². The fraction of sp³-hybridized carbons (Fsp3) is 0.222. The van der Waals surface area contributed by atoms with Gasteiger partial charge in [-0.15, -0.1) is 5.10 Å². The Bertz CT molecular complexity index is 634. The lowest BCUT2D eigenvalue weighted by atomic mass is 10.4. The number of hydrogen-bond acceptors (Lipinski definition) is 6. The molecule has 17 heavy (non-hydrogen) atoms. The van der Waals surface area contributed by atoms with E-state index < -0.39 is 9.84 Å². The Morgan fingerprint density at radius 3 is 2.82 bits per heavy atom. The highest BCUT2D eigenvalue weighted by Crippen LogP contribution is 2.18. The molecule has 8 heteroatoms. The second-order valence-corrected chi connectivity index (χ2v) is 5.45. The molecule has 7 nitrogen and oxygen atoms in total. The first-order valence-electron chi connectivity index (χ1n) is 4.77. The van der Waals surface area contributed by atoms with E-state index in [1.807, 2.05) is 0 Å². The number of anilines is 1. The minimum absolute atomic E-state index is 0.120. The van der Waals surface area contributed by atoms with Gasteiger partial charge < -0.3 is 5.73 Å². The first-order valence-corrected chi connectivity index (χ1v) is 6.43. The van der Waals surface area contributed by atoms with Crippen LogP contribution in [0.5, 0.6) is 0 Å². The summed E-state index contributed by atoms with van der Waals surface area (Å²) in [6.07, 6.45) is 2.93. The monoisotopic (exact) mass is 253 g/mol. The molecule has 0 unspecified atom stereocenters. The van der Waals surface area contributed by atoms with Crippen LogP contribution in [-0.2, 0) is 22.6 Å². The van der Waals surface area contributed by atoms with Gasteiger partial charge in [0, 0.05) is 19.4 Å². The van der Waals surface area contributed by atoms with E-state index in [-0.39, 0.29) is 16.5 Å². The Morgan fingerprint density at radius 1 is 1.47 bits per heavy atom. The highest BCUT2D eigenvalue weighted by molar-refractivity contribution is 7.90. The van der Waals surface area contributed by atoms with Gasteiger partial charge in [0.1, 0.15) is 5.75 Å². The molecule has 0 atom stereocenters. The van der Waals surface area contributed by atoms with Crippen LogP contribution in [0.25, 0.3) is 0 Å². The van der Waals surface area contributed by atoms with Gasteiger partial charge in [-0.3, -0.25) is 4.68 Å². The average Bonchev–Trinajstić information content (AvgIpc) is 2.63. The first kappa shape index (κ1) is 11.5. The van der Waals surface area contributed by atoms with Crippen molar-refractivity contribution in [3.05, 3.63) is 30.2 Å². The van der Waals surface area contributed by atoms with Crippen molar-refractivity contribution < 1.29 is 8.42 Å². The molecular formula is C9H11N5O2S. The summed E-state index contributed by atoms with van der Waals surface area (Å²) in [4.78, 5) is 3.78. The quantitative estimate of drug-likeness (QED) is 0.810. The average molecular weight is 253 g/mol. The van der Waals surface area contributed by atoms with Gasteiger partial charge in [-0.25, -0.2) is 13.4 Å². The second kappa shape index (κ2) is 4.13. The maximum Gasteiger partial charge on any atom is 0.203 e. The normalized spacial score (nSPS) is 11.6. The molecule has 2 aromatic heterocycles. The number of nitrogens with zero attached hydrogens (tertiary/aromatic N) is 4. The van der Waals surface area contributed by atoms with Gasteiger partial charge in [0.15, 0.2) is 5.03 Å². The van der Waals surface area contributed by atoms with Crippen molar-refractivity contribution in [1.82, 2.24) is 20.0 Å². The molecule has 90 valence electrons. The molecule has 0 bridgehead atoms. The molecule has 0 spiro atoms. The van der Waals surface area contributed by atoms with Crippen LogP contribution >= 0.6 is 0 Å². The van der Waals surface area contributed by atoms with Crippen LogP contribution in [0.3, 0.4) is 0 Å². The number of sulfone groups is 1. The van der Waals surface area contributed by atoms with E-state index in [0.717, 1.165) is 0 Å². The molecule has 2 N–H and O–H groups in total. The summed E-state index contributed by atoms with van der Waals surface area (Å²) < 4.78 is 25.5. The van der Waals surface area contributed by atoms with Crippen LogP contribution in [0.15, 0.2) is 29.6 Å². The number of rotatable bonds is 3. The van der Waals surface area contributed by atoms with Crippen molar-refractivity contribution in [1.29, 1.82) is 0 Å². The summed E-state index contributed by atoms with van der Waals surface area (Å²) in [7, 11) is -1.92. The van der Waals surface area contributed by atoms with Gasteiger partial charge in [-0.2, -0.15) is 0 Å². The SMILES string of the molecule is Cn1cc(CS(=O)(=O)c2ncccc2N)nn1. The van der Waals surface area contributed by atoms with Crippen molar-refractivity contribution in [2.24, 2.45) is 7.05 Å². The molecule has 0 aliphatic heterocycles. The molecule has 0 fully saturated rings. The predicted octanol–water partition coefficient (Wildman–Crippen LogP) is -0.234. The van der Waals surface area contributed by atoms with Crippen molar-refractivity contribution in [2.75, 3.05) is 5.73 Å². The fourth-order valence-electron chi connectivity index (χ4n) is 1.39. The van der Waals surface area contributed by atoms with E-state index >= 15 is 0 Å². The zero-order chi connectivity index (χ0) is 12.5. The molecule has 0 saturated heterocycles. The minimum Gasteiger partial charge on any atom is -0.396 e. The van der Waals surface area contributed by atoms with Crippen molar-refractivity contribution in [3.8, 4) is 0 Å². The summed E-state index contributed by atoms with van der Waals surface area (Å²) in [5, 5.41) is 7.27. The minimum atomic E-state index is -3.58. The summed E-state index contributed by atoms with van der Waals surface area (Å²) >= 11 is 0. The molecule has 0 saturated carbocycles. The van der Waals surface area contributed by atoms with E-state index in [0.29, 0.717) is 5.69 Å². The Balaban J connectivity index is 2.35. The lowest BCUT2D eigenvalue weighted by Crippen LogP contribution is -2.10. The maximum absolute atomic E-state index is 12.0. The maximum atomic E-state index is 12.0. The molecular weight excluding hydrogens is 242 g/mol. The van der Waals surface area contributed by atoms with E-state index in [2.05, 4.69) is 15.3 Å². The van der Waals surface area contributed by atoms with Crippen LogP contribution in [0.1, 0.15) is 5.69 Å². The summed E-state index contributed by atoms with van der Waals surface area (Å²) in [6, 6.07) is 3.08. The largest absolute Gasteiger partial charge is 0.396 e. The second-order valence-electron chi connectivity index (χ2n) is 3.54. The Hall–Kier alpha value is -1.96. The lowest BCUT2D eigenvalue weighted by Gasteiger charge is -2.03. The standard InChI is InChI=1S/C9H11N5O2S/c1-14-5-7(12-13-14)6-17(15,16)9-8(10)3-2-4-11-9/h2-5H,6,10H2,1H3. The smallest absolute Gasteiger partial charge is 0.203 e. The number of aryl methyl sites for hydroxylation is 1. The van der Waals surface area contributed by atoms with Crippen molar-refractivity contribution in [3.63, 3.8) is 0 Å². The van der Waals surface area contributed by atoms with Crippen molar-refractivity contribution >= 4 is 15.5 Å². The van der Waals surface area contributed by atoms with Gasteiger partial charge in [0.2, 0.25) is 9.84 Å². The summed E-state index contributed by atoms with van der Waals surface area (Å²) in [5.41, 5.74) is 6.08. The third-order valence-electron chi connectivity index (χ3n) is 2.08. The van der Waals surface area contributed by atoms with Crippen LogP contribution in [0, 0.1) is 0 Å². The van der Waals surface area contributed by atoms with E-state index in [1.54, 1.807) is 13.1 Å². The third-order valence-corrected chi connectivity index (χ3v) is 3.69. The molecule has 2 heterocycles. The van der Waals surface area contributed by atoms with Crippen LogP contribution in [0.2, 0.25) is 0 Å². The Kier molecular flexibility index (Phi) is 2.80. The molecule has 0 aliphatic rings. The Labute approximate surface area is 98.2 Å². The van der Waals surface area contributed by atoms with E-state index in [9.17, 15) is 8.42 Å². The molecule has 2 rings (SSSR count). The molecule has 0 amide bonds. The van der Waals surface area contributed by atoms with Crippen LogP contribution in [-0.4, -0.2) is 28.4 Å². The van der Waals surface area contributed by atoms with Crippen molar-refractivity contribution in [2.45, 2.75) is 10.8 Å². The zero-order valence-electron chi connectivity index (χ0n) is 9.11. The summed E-state index contributed by atoms with van der Waals surface area (Å²) in [5.74, 6) is -0.262. The van der Waals surface area contributed by atoms with E-state index in [1.165, 1.54) is 23.1 Å². The topological polar surface area (TPSA) is 104 Å². The predicted molar refractivity (Wildman–Crippen MR) is 60.5 cm³/mol. The highest BCUT2D eigenvalue weighted by atomic mass is 32.2. The highest BCUT2D eigenvalue weighted by Gasteiger charge is 2.21. The van der Waals surface area contributed by atoms with E-state index in [4.69, 9.17) is 5.73 Å². The third kappa shape index (κ3) is 2.41. The number of aromatic nitrogens is 4. The molecule has 0 aromatic carbocycles. The van der Waals surface area contributed by atoms with Gasteiger partial charge in [0.05, 0.1) is 11.4 Å². The van der Waals surface area contributed by atoms with Crippen LogP contribution < -0.4 is 5.73 Å². The number of nitrogen functional groups attached to an aromatic ring is 1. The number of hydrogen-bond donors (Lipinski definition) is 1. The van der Waals surface area contributed by atoms with Gasteiger partial charge in [-0.1, -0.05) is 5.21 Å². The Morgan fingerprint density at radius 2 is 2.24 bits per heavy atom. The number of nitrogens with two attached hydrogens (primary N) is 1. The first-order chi connectivity index (χ1) is 7.99.